The van der Waals surface area contributed by atoms with Gasteiger partial charge in [0.25, 0.3) is 0 Å². The predicted octanol–water partition coefficient (Wildman–Crippen LogP) is -4.95. The first-order valence-electron chi connectivity index (χ1n) is 13.2. The third-order valence-corrected chi connectivity index (χ3v) is 7.32. The molecule has 0 aromatic rings. The van der Waals surface area contributed by atoms with Gasteiger partial charge in [0.15, 0.2) is 18.9 Å². The van der Waals surface area contributed by atoms with Crippen molar-refractivity contribution in [1.29, 1.82) is 0 Å². The molecule has 9 unspecified atom stereocenters. The molecule has 2 amide bonds. The number of aliphatic hydroxyl groups excluding tert-OH is 6. The lowest BCUT2D eigenvalue weighted by atomic mass is 9.94. The lowest BCUT2D eigenvalue weighted by molar-refractivity contribution is -0.365. The molecule has 0 saturated carbocycles. The lowest BCUT2D eigenvalue weighted by Crippen LogP contribution is -2.70. The number of carbonyl (C=O) groups excluding carboxylic acids is 2. The fourth-order valence-electron chi connectivity index (χ4n) is 5.23. The number of methoxy groups -OCH3 is 2. The minimum Gasteiger partial charge on any atom is -0.394 e. The molecule has 3 aliphatic rings. The minimum absolute atomic E-state index is 0.518. The zero-order valence-electron chi connectivity index (χ0n) is 23.4. The second kappa shape index (κ2) is 14.7. The first-order valence-corrected chi connectivity index (χ1v) is 13.2. The summed E-state index contributed by atoms with van der Waals surface area (Å²) in [5.74, 6) is -1.11. The van der Waals surface area contributed by atoms with E-state index in [0.717, 1.165) is 0 Å². The smallest absolute Gasteiger partial charge is 0.217 e. The lowest BCUT2D eigenvalue weighted by Gasteiger charge is -2.50. The molecule has 17 heteroatoms. The summed E-state index contributed by atoms with van der Waals surface area (Å²) in [6, 6.07) is -2.48. The molecular formula is C24H42N2O15. The molecule has 3 aliphatic heterocycles. The molecule has 0 aromatic carbocycles. The topological polar surface area (TPSA) is 244 Å². The molecule has 0 spiro atoms. The summed E-state index contributed by atoms with van der Waals surface area (Å²) < 4.78 is 40.5. The van der Waals surface area contributed by atoms with E-state index in [-0.39, 0.29) is 0 Å². The van der Waals surface area contributed by atoms with E-state index in [2.05, 4.69) is 10.6 Å². The average Bonchev–Trinajstić information content (AvgIpc) is 2.92. The van der Waals surface area contributed by atoms with Crippen molar-refractivity contribution in [3.05, 3.63) is 0 Å². The average molecular weight is 599 g/mol. The van der Waals surface area contributed by atoms with Crippen LogP contribution in [-0.4, -0.2) is 162 Å². The molecule has 3 fully saturated rings. The molecule has 0 aromatic heterocycles. The maximum absolute atomic E-state index is 12.2. The van der Waals surface area contributed by atoms with Gasteiger partial charge >= 0.3 is 0 Å². The van der Waals surface area contributed by atoms with Crippen LogP contribution in [0.2, 0.25) is 0 Å². The number of aliphatic hydroxyl groups is 6. The molecule has 8 N–H and O–H groups in total. The van der Waals surface area contributed by atoms with Crippen LogP contribution in [-0.2, 0) is 42.7 Å². The highest BCUT2D eigenvalue weighted by molar-refractivity contribution is 5.73. The third kappa shape index (κ3) is 7.50. The summed E-state index contributed by atoms with van der Waals surface area (Å²) in [4.78, 5) is 24.1. The van der Waals surface area contributed by atoms with E-state index < -0.39 is 117 Å². The molecule has 3 saturated heterocycles. The van der Waals surface area contributed by atoms with Gasteiger partial charge < -0.3 is 74.4 Å². The molecular weight excluding hydrogens is 556 g/mol. The number of amides is 2. The zero-order chi connectivity index (χ0) is 30.6. The van der Waals surface area contributed by atoms with Gasteiger partial charge in [-0.1, -0.05) is 0 Å². The summed E-state index contributed by atoms with van der Waals surface area (Å²) in [5, 5.41) is 67.0. The maximum Gasteiger partial charge on any atom is 0.217 e. The molecule has 0 radical (unpaired) electrons. The summed E-state index contributed by atoms with van der Waals surface area (Å²) in [6.45, 7) is 2.53. The number of ether oxygens (including phenoxy) is 7. The highest BCUT2D eigenvalue weighted by Crippen LogP contribution is 2.34. The molecule has 3 rings (SSSR count). The van der Waals surface area contributed by atoms with E-state index >= 15 is 0 Å². The largest absolute Gasteiger partial charge is 0.394 e. The van der Waals surface area contributed by atoms with Gasteiger partial charge in [-0.2, -0.15) is 0 Å². The summed E-state index contributed by atoms with van der Waals surface area (Å²) in [5.41, 5.74) is 0. The van der Waals surface area contributed by atoms with E-state index in [9.17, 15) is 40.2 Å². The first-order chi connectivity index (χ1) is 19.4. The van der Waals surface area contributed by atoms with Crippen LogP contribution >= 0.6 is 0 Å². The van der Waals surface area contributed by atoms with Crippen LogP contribution < -0.4 is 10.6 Å². The van der Waals surface area contributed by atoms with Crippen LogP contribution in [0, 0.1) is 0 Å². The summed E-state index contributed by atoms with van der Waals surface area (Å²) in [6.07, 6.45) is -17.3. The fraction of sp³-hybridized carbons (Fsp3) is 0.917. The minimum atomic E-state index is -1.64. The highest BCUT2D eigenvalue weighted by Gasteiger charge is 2.55. The summed E-state index contributed by atoms with van der Waals surface area (Å²) in [7, 11) is 2.56. The SMILES string of the molecule is COC1C(O)[C@@H](O)C(C)O[C@H]1OC1C(NC(C)=O)[C@@H](OC)OC(CO)[C@H]1O[C@@H]1OC(CO)[C@H](O)C(O)C1NC(C)=O. The number of hydrogen-bond acceptors (Lipinski definition) is 15. The van der Waals surface area contributed by atoms with Crippen LogP contribution in [0.3, 0.4) is 0 Å². The molecule has 3 heterocycles. The van der Waals surface area contributed by atoms with E-state index in [0.29, 0.717) is 0 Å². The van der Waals surface area contributed by atoms with Crippen molar-refractivity contribution in [3.8, 4) is 0 Å². The van der Waals surface area contributed by atoms with Crippen LogP contribution in [0.15, 0.2) is 0 Å². The zero-order valence-corrected chi connectivity index (χ0v) is 23.4. The van der Waals surface area contributed by atoms with Gasteiger partial charge in [0.05, 0.1) is 19.3 Å². The Morgan fingerprint density at radius 2 is 1.22 bits per heavy atom. The van der Waals surface area contributed by atoms with Gasteiger partial charge in [-0.15, -0.1) is 0 Å². The molecule has 0 aliphatic carbocycles. The predicted molar refractivity (Wildman–Crippen MR) is 133 cm³/mol. The van der Waals surface area contributed by atoms with Gasteiger partial charge in [0.2, 0.25) is 11.8 Å². The van der Waals surface area contributed by atoms with Crippen molar-refractivity contribution in [2.45, 2.75) is 113 Å². The van der Waals surface area contributed by atoms with Crippen molar-refractivity contribution in [2.24, 2.45) is 0 Å². The first kappa shape index (κ1) is 33.9. The second-order valence-corrected chi connectivity index (χ2v) is 10.2. The van der Waals surface area contributed by atoms with Gasteiger partial charge in [-0.25, -0.2) is 0 Å². The monoisotopic (exact) mass is 598 g/mol. The van der Waals surface area contributed by atoms with Gasteiger partial charge in [-0.05, 0) is 6.92 Å². The van der Waals surface area contributed by atoms with E-state index in [4.69, 9.17) is 33.2 Å². The fourth-order valence-corrected chi connectivity index (χ4v) is 5.23. The van der Waals surface area contributed by atoms with Crippen molar-refractivity contribution in [3.63, 3.8) is 0 Å². The second-order valence-electron chi connectivity index (χ2n) is 10.2. The Kier molecular flexibility index (Phi) is 12.2. The van der Waals surface area contributed by atoms with E-state index in [1.807, 2.05) is 0 Å². The number of nitrogens with one attached hydrogen (secondary N) is 2. The van der Waals surface area contributed by atoms with Crippen LogP contribution in [0.25, 0.3) is 0 Å². The molecule has 238 valence electrons. The van der Waals surface area contributed by atoms with Crippen molar-refractivity contribution in [2.75, 3.05) is 27.4 Å². The Morgan fingerprint density at radius 1 is 0.659 bits per heavy atom. The van der Waals surface area contributed by atoms with E-state index in [1.165, 1.54) is 35.0 Å². The highest BCUT2D eigenvalue weighted by atomic mass is 16.8. The van der Waals surface area contributed by atoms with E-state index in [1.54, 1.807) is 0 Å². The van der Waals surface area contributed by atoms with Crippen LogP contribution in [0.5, 0.6) is 0 Å². The van der Waals surface area contributed by atoms with Crippen molar-refractivity contribution < 1.29 is 73.4 Å². The maximum atomic E-state index is 12.2. The van der Waals surface area contributed by atoms with Crippen molar-refractivity contribution in [1.82, 2.24) is 10.6 Å². The van der Waals surface area contributed by atoms with Crippen molar-refractivity contribution >= 4 is 11.8 Å². The Balaban J connectivity index is 2.03. The van der Waals surface area contributed by atoms with Gasteiger partial charge in [0.1, 0.15) is 67.0 Å². The Hall–Kier alpha value is -1.58. The molecule has 15 atom stereocenters. The molecule has 0 bridgehead atoms. The number of rotatable bonds is 10. The Labute approximate surface area is 236 Å². The van der Waals surface area contributed by atoms with Crippen LogP contribution in [0.4, 0.5) is 0 Å². The van der Waals surface area contributed by atoms with Gasteiger partial charge in [-0.3, -0.25) is 9.59 Å². The Morgan fingerprint density at radius 3 is 1.76 bits per heavy atom. The standard InChI is InChI=1S/C24H42N2O15/c1-8-15(31)18(34)21(35-4)24(37-8)41-20-14(26-10(3)30)22(36-5)39-12(7-28)19(20)40-23-13(25-9(2)29)17(33)16(32)11(6-27)38-23/h8,11-24,27-28,31-34H,6-7H2,1-5H3,(H,25,29)(H,26,30)/t8?,11?,12?,13?,14?,15-,16-,17?,18?,19+,20?,21?,22-,23-,24-/m0/s1. The normalized spacial score (nSPS) is 45.2. The number of hydrogen-bond donors (Lipinski definition) is 8. The molecule has 41 heavy (non-hydrogen) atoms. The Bertz CT molecular complexity index is 869. The molecule has 17 nitrogen and oxygen atoms in total. The number of carbonyl (C=O) groups is 2. The van der Waals surface area contributed by atoms with Crippen LogP contribution in [0.1, 0.15) is 20.8 Å². The third-order valence-electron chi connectivity index (χ3n) is 7.32. The van der Waals surface area contributed by atoms with Gasteiger partial charge in [0, 0.05) is 28.1 Å². The quantitative estimate of drug-likeness (QED) is 0.117. The summed E-state index contributed by atoms with van der Waals surface area (Å²) >= 11 is 0.